The van der Waals surface area contributed by atoms with Crippen molar-refractivity contribution in [1.29, 1.82) is 0 Å². The second-order valence-electron chi connectivity index (χ2n) is 9.31. The Labute approximate surface area is 250 Å². The van der Waals surface area contributed by atoms with Gasteiger partial charge >= 0.3 is 5.97 Å². The van der Waals surface area contributed by atoms with Gasteiger partial charge in [0.2, 0.25) is 5.91 Å². The molecule has 0 spiro atoms. The van der Waals surface area contributed by atoms with Gasteiger partial charge in [-0.1, -0.05) is 70.9 Å². The van der Waals surface area contributed by atoms with E-state index in [1.807, 2.05) is 30.3 Å². The fraction of sp³-hybridized carbons (Fsp3) is 0.133. The van der Waals surface area contributed by atoms with E-state index in [0.29, 0.717) is 27.7 Å². The van der Waals surface area contributed by atoms with Crippen LogP contribution in [0.1, 0.15) is 17.2 Å². The molecular formula is C30H24Cl2N6O4. The van der Waals surface area contributed by atoms with Crippen molar-refractivity contribution in [2.75, 3.05) is 12.4 Å². The smallest absolute Gasteiger partial charge is 0.309 e. The van der Waals surface area contributed by atoms with E-state index in [2.05, 4.69) is 20.6 Å². The summed E-state index contributed by atoms with van der Waals surface area (Å²) in [7, 11) is 1.33. The summed E-state index contributed by atoms with van der Waals surface area (Å²) in [6, 6.07) is 21.7. The Hall–Kier alpha value is -4.80. The SMILES string of the molecule is COC(=O)Cc1ccc(NC(=O)[C@H](Cc2ccccc2)n2cnc(-c3cc(Cl)ccc3-n3cc(Cl)nn3)cc2=O)cc1. The van der Waals surface area contributed by atoms with Crippen LogP contribution in [0.3, 0.4) is 0 Å². The van der Waals surface area contributed by atoms with Crippen molar-refractivity contribution in [3.63, 3.8) is 0 Å². The van der Waals surface area contributed by atoms with Crippen molar-refractivity contribution in [2.24, 2.45) is 0 Å². The van der Waals surface area contributed by atoms with Crippen LogP contribution in [0.5, 0.6) is 0 Å². The lowest BCUT2D eigenvalue weighted by atomic mass is 10.0. The Bertz CT molecular complexity index is 1790. The number of methoxy groups -OCH3 is 1. The summed E-state index contributed by atoms with van der Waals surface area (Å²) in [5.74, 6) is -0.767. The number of aromatic nitrogens is 5. The number of nitrogens with one attached hydrogen (secondary N) is 1. The lowest BCUT2D eigenvalue weighted by molar-refractivity contribution is -0.139. The van der Waals surface area contributed by atoms with Crippen molar-refractivity contribution in [3.05, 3.63) is 123 Å². The summed E-state index contributed by atoms with van der Waals surface area (Å²) in [5.41, 5.74) is 3.11. The maximum Gasteiger partial charge on any atom is 0.309 e. The highest BCUT2D eigenvalue weighted by atomic mass is 35.5. The predicted molar refractivity (Wildman–Crippen MR) is 159 cm³/mol. The number of nitrogens with zero attached hydrogens (tertiary/aromatic N) is 5. The number of esters is 1. The molecule has 0 aliphatic heterocycles. The second-order valence-corrected chi connectivity index (χ2v) is 10.1. The molecule has 42 heavy (non-hydrogen) atoms. The van der Waals surface area contributed by atoms with E-state index in [4.69, 9.17) is 27.9 Å². The predicted octanol–water partition coefficient (Wildman–Crippen LogP) is 4.94. The molecule has 2 heterocycles. The number of amides is 1. The molecule has 0 radical (unpaired) electrons. The van der Waals surface area contributed by atoms with Crippen LogP contribution in [0.15, 0.2) is 96.2 Å². The molecule has 5 rings (SSSR count). The summed E-state index contributed by atoms with van der Waals surface area (Å²) < 4.78 is 7.46. The zero-order valence-electron chi connectivity index (χ0n) is 22.3. The molecule has 0 fully saturated rings. The standard InChI is InChI=1S/C30H24Cl2N6O4/c1-42-29(40)14-20-7-10-22(11-8-20)34-30(41)26(13-19-5-3-2-4-6-19)37-18-33-24(16-28(37)39)23-15-21(31)9-12-25(23)38-17-27(32)35-36-38/h2-12,15-18,26H,13-14H2,1H3,(H,34,41)/t26-/m0/s1. The summed E-state index contributed by atoms with van der Waals surface area (Å²) in [6.07, 6.45) is 3.24. The summed E-state index contributed by atoms with van der Waals surface area (Å²) >= 11 is 12.2. The Balaban J connectivity index is 1.47. The zero-order valence-corrected chi connectivity index (χ0v) is 23.8. The first-order valence-electron chi connectivity index (χ1n) is 12.8. The third-order valence-corrected chi connectivity index (χ3v) is 6.90. The van der Waals surface area contributed by atoms with Gasteiger partial charge < -0.3 is 10.1 Å². The highest BCUT2D eigenvalue weighted by Gasteiger charge is 2.24. The Kier molecular flexibility index (Phi) is 8.75. The normalized spacial score (nSPS) is 11.6. The Morgan fingerprint density at radius 3 is 2.40 bits per heavy atom. The molecular weight excluding hydrogens is 579 g/mol. The van der Waals surface area contributed by atoms with E-state index in [0.717, 1.165) is 11.1 Å². The number of carbonyl (C=O) groups is 2. The second kappa shape index (κ2) is 12.8. The van der Waals surface area contributed by atoms with Crippen molar-refractivity contribution in [3.8, 4) is 16.9 Å². The number of carbonyl (C=O) groups excluding carboxylic acids is 2. The van der Waals surface area contributed by atoms with Crippen LogP contribution in [0.2, 0.25) is 10.2 Å². The monoisotopic (exact) mass is 602 g/mol. The average Bonchev–Trinajstić information content (AvgIpc) is 3.43. The van der Waals surface area contributed by atoms with Crippen LogP contribution in [-0.4, -0.2) is 43.5 Å². The lowest BCUT2D eigenvalue weighted by Gasteiger charge is -2.20. The van der Waals surface area contributed by atoms with E-state index >= 15 is 0 Å². The Morgan fingerprint density at radius 2 is 1.74 bits per heavy atom. The largest absolute Gasteiger partial charge is 0.469 e. The first-order chi connectivity index (χ1) is 20.3. The molecule has 0 aliphatic carbocycles. The zero-order chi connectivity index (χ0) is 29.6. The van der Waals surface area contributed by atoms with Gasteiger partial charge in [0, 0.05) is 28.8 Å². The molecule has 0 bridgehead atoms. The highest BCUT2D eigenvalue weighted by molar-refractivity contribution is 6.31. The number of anilines is 1. The van der Waals surface area contributed by atoms with Gasteiger partial charge in [0.15, 0.2) is 5.15 Å². The Morgan fingerprint density at radius 1 is 0.976 bits per heavy atom. The molecule has 0 aliphatic rings. The molecule has 10 nitrogen and oxygen atoms in total. The molecule has 3 aromatic carbocycles. The van der Waals surface area contributed by atoms with Gasteiger partial charge in [-0.05, 0) is 41.5 Å². The van der Waals surface area contributed by atoms with E-state index in [1.54, 1.807) is 42.5 Å². The molecule has 0 unspecified atom stereocenters. The average molecular weight is 603 g/mol. The third kappa shape index (κ3) is 6.73. The van der Waals surface area contributed by atoms with Crippen molar-refractivity contribution in [1.82, 2.24) is 24.5 Å². The van der Waals surface area contributed by atoms with Crippen LogP contribution in [0.4, 0.5) is 5.69 Å². The summed E-state index contributed by atoms with van der Waals surface area (Å²) in [6.45, 7) is 0. The van der Waals surface area contributed by atoms with Crippen molar-refractivity contribution in [2.45, 2.75) is 18.9 Å². The maximum atomic E-state index is 13.6. The van der Waals surface area contributed by atoms with Crippen LogP contribution in [0.25, 0.3) is 16.9 Å². The summed E-state index contributed by atoms with van der Waals surface area (Å²) in [5, 5.41) is 11.3. The number of halogens is 2. The minimum Gasteiger partial charge on any atom is -0.469 e. The van der Waals surface area contributed by atoms with Gasteiger partial charge in [0.25, 0.3) is 5.56 Å². The molecule has 2 aromatic heterocycles. The van der Waals surface area contributed by atoms with Crippen LogP contribution >= 0.6 is 23.2 Å². The van der Waals surface area contributed by atoms with Gasteiger partial charge in [-0.2, -0.15) is 0 Å². The van der Waals surface area contributed by atoms with Gasteiger partial charge in [-0.3, -0.25) is 19.0 Å². The van der Waals surface area contributed by atoms with Crippen LogP contribution in [0, 0.1) is 0 Å². The fourth-order valence-electron chi connectivity index (χ4n) is 4.39. The van der Waals surface area contributed by atoms with Gasteiger partial charge in [-0.25, -0.2) is 9.67 Å². The van der Waals surface area contributed by atoms with Gasteiger partial charge in [-0.15, -0.1) is 5.10 Å². The van der Waals surface area contributed by atoms with Crippen molar-refractivity contribution >= 4 is 40.8 Å². The first-order valence-corrected chi connectivity index (χ1v) is 13.5. The van der Waals surface area contributed by atoms with E-state index in [1.165, 1.54) is 34.9 Å². The molecule has 12 heteroatoms. The minimum absolute atomic E-state index is 0.118. The maximum absolute atomic E-state index is 13.6. The van der Waals surface area contributed by atoms with E-state index in [9.17, 15) is 14.4 Å². The van der Waals surface area contributed by atoms with Crippen LogP contribution < -0.4 is 10.9 Å². The number of hydrogen-bond donors (Lipinski definition) is 1. The number of rotatable bonds is 9. The first kappa shape index (κ1) is 28.7. The molecule has 1 atom stereocenters. The molecule has 1 amide bonds. The molecule has 0 saturated heterocycles. The highest BCUT2D eigenvalue weighted by Crippen LogP contribution is 2.28. The number of benzene rings is 3. The minimum atomic E-state index is -0.913. The number of hydrogen-bond acceptors (Lipinski definition) is 7. The third-order valence-electron chi connectivity index (χ3n) is 6.49. The molecule has 0 saturated carbocycles. The van der Waals surface area contributed by atoms with Crippen LogP contribution in [-0.2, 0) is 27.2 Å². The molecule has 212 valence electrons. The topological polar surface area (TPSA) is 121 Å². The van der Waals surface area contributed by atoms with E-state index < -0.39 is 17.5 Å². The quantitative estimate of drug-likeness (QED) is 0.237. The van der Waals surface area contributed by atoms with Gasteiger partial charge in [0.1, 0.15) is 6.04 Å². The lowest BCUT2D eigenvalue weighted by Crippen LogP contribution is -2.34. The molecule has 5 aromatic rings. The number of ether oxygens (including phenoxy) is 1. The van der Waals surface area contributed by atoms with Crippen molar-refractivity contribution < 1.29 is 14.3 Å². The van der Waals surface area contributed by atoms with E-state index in [-0.39, 0.29) is 24.0 Å². The fourth-order valence-corrected chi connectivity index (χ4v) is 4.69. The summed E-state index contributed by atoms with van der Waals surface area (Å²) in [4.78, 5) is 43.2. The van der Waals surface area contributed by atoms with Gasteiger partial charge in [0.05, 0.1) is 37.4 Å². The molecule has 1 N–H and O–H groups in total.